The first-order chi connectivity index (χ1) is 18.4. The molecule has 1 unspecified atom stereocenters. The highest BCUT2D eigenvalue weighted by atomic mass is 32.2. The number of fused-ring (bicyclic) bond motifs is 1. The van der Waals surface area contributed by atoms with Crippen molar-refractivity contribution in [1.29, 1.82) is 0 Å². The number of carbonyl (C=O) groups is 3. The molecule has 5 heterocycles. The van der Waals surface area contributed by atoms with Crippen LogP contribution in [0.4, 0.5) is 5.13 Å². The Kier molecular flexibility index (Phi) is 8.26. The van der Waals surface area contributed by atoms with Gasteiger partial charge in [0.15, 0.2) is 10.8 Å². The number of aromatic nitrogens is 2. The Bertz CT molecular complexity index is 1330. The fourth-order valence-corrected chi connectivity index (χ4v) is 7.12. The van der Waals surface area contributed by atoms with Crippen LogP contribution in [0.25, 0.3) is 6.08 Å². The molecular formula is C23H22N6O5S4. The number of carbonyl (C=O) groups excluding carboxylic acids is 2. The van der Waals surface area contributed by atoms with Crippen molar-refractivity contribution in [2.45, 2.75) is 17.5 Å². The second-order valence-corrected chi connectivity index (χ2v) is 12.3. The van der Waals surface area contributed by atoms with Gasteiger partial charge in [-0.15, -0.1) is 34.9 Å². The molecule has 38 heavy (non-hydrogen) atoms. The summed E-state index contributed by atoms with van der Waals surface area (Å²) in [5, 5.41) is 19.8. The van der Waals surface area contributed by atoms with E-state index in [2.05, 4.69) is 20.4 Å². The second kappa shape index (κ2) is 11.8. The number of rotatable bonds is 10. The number of anilines is 1. The molecule has 0 aliphatic carbocycles. The van der Waals surface area contributed by atoms with E-state index in [4.69, 9.17) is 10.6 Å². The number of pyridine rings is 1. The van der Waals surface area contributed by atoms with Crippen molar-refractivity contribution in [2.75, 3.05) is 28.7 Å². The molecule has 2 fully saturated rings. The van der Waals surface area contributed by atoms with Crippen LogP contribution in [0.1, 0.15) is 11.3 Å². The zero-order chi connectivity index (χ0) is 26.6. The van der Waals surface area contributed by atoms with E-state index in [1.54, 1.807) is 29.5 Å². The number of hydrogen-bond acceptors (Lipinski definition) is 12. The van der Waals surface area contributed by atoms with Crippen LogP contribution in [-0.2, 0) is 19.2 Å². The summed E-state index contributed by atoms with van der Waals surface area (Å²) in [6.45, 7) is 0. The van der Waals surface area contributed by atoms with E-state index in [0.29, 0.717) is 17.1 Å². The number of β-lactam (4-membered cyclic amide) rings is 1. The van der Waals surface area contributed by atoms with Crippen LogP contribution in [0.3, 0.4) is 0 Å². The monoisotopic (exact) mass is 590 g/mol. The van der Waals surface area contributed by atoms with Crippen LogP contribution in [0.5, 0.6) is 0 Å². The molecule has 0 spiro atoms. The molecule has 0 bridgehead atoms. The fraction of sp³-hybridized carbons (Fsp3) is 0.304. The molecule has 2 saturated heterocycles. The van der Waals surface area contributed by atoms with Gasteiger partial charge >= 0.3 is 5.97 Å². The van der Waals surface area contributed by atoms with Gasteiger partial charge in [0, 0.05) is 40.8 Å². The van der Waals surface area contributed by atoms with E-state index in [0.717, 1.165) is 28.4 Å². The minimum absolute atomic E-state index is 0.0292. The smallest absolute Gasteiger partial charge is 0.352 e. The molecule has 0 saturated carbocycles. The molecule has 198 valence electrons. The van der Waals surface area contributed by atoms with E-state index in [1.807, 2.05) is 23.6 Å². The Hall–Kier alpha value is -3.01. The first-order valence-corrected chi connectivity index (χ1v) is 15.5. The topological polar surface area (TPSA) is 160 Å². The minimum atomic E-state index is -1.17. The van der Waals surface area contributed by atoms with Crippen molar-refractivity contribution in [3.8, 4) is 0 Å². The van der Waals surface area contributed by atoms with Crippen molar-refractivity contribution in [2.24, 2.45) is 5.16 Å². The Balaban J connectivity index is 1.26. The van der Waals surface area contributed by atoms with Gasteiger partial charge in [-0.25, -0.2) is 9.78 Å². The number of nitrogens with two attached hydrogens (primary N) is 1. The first-order valence-electron chi connectivity index (χ1n) is 11.3. The minimum Gasteiger partial charge on any atom is -0.477 e. The van der Waals surface area contributed by atoms with Gasteiger partial charge < -0.3 is 21.0 Å². The Morgan fingerprint density at radius 1 is 1.39 bits per heavy atom. The zero-order valence-electron chi connectivity index (χ0n) is 19.7. The number of aliphatic carboxylic acids is 1. The molecule has 2 aromatic heterocycles. The molecule has 2 atom stereocenters. The van der Waals surface area contributed by atoms with Crippen LogP contribution in [0, 0.1) is 0 Å². The van der Waals surface area contributed by atoms with Gasteiger partial charge in [-0.05, 0) is 28.7 Å². The number of oxime groups is 1. The molecule has 0 aromatic carbocycles. The van der Waals surface area contributed by atoms with Crippen LogP contribution < -0.4 is 11.1 Å². The van der Waals surface area contributed by atoms with E-state index in [1.165, 1.54) is 28.4 Å². The summed E-state index contributed by atoms with van der Waals surface area (Å²) < 4.78 is 0. The maximum Gasteiger partial charge on any atom is 0.352 e. The standard InChI is InChI=1S/C23H22N6O5S4/c24-23-26-15(11-38-23)16(28-34-14-9-36-10-14)19(30)27-17-20(31)29-18(22(32)33)13(8-37-21(17)29)7-35-5-3-12-2-1-4-25-6-12/h1-6,11,14,17,21H,7-10H2,(H2,24,26)(H,27,30)(H,32,33)/t17?,21-/m0/s1. The van der Waals surface area contributed by atoms with Crippen molar-refractivity contribution >= 4 is 81.3 Å². The fourth-order valence-electron chi connectivity index (χ4n) is 3.76. The third-order valence-corrected chi connectivity index (χ3v) is 9.79. The highest BCUT2D eigenvalue weighted by Gasteiger charge is 2.54. The molecule has 3 aliphatic rings. The largest absolute Gasteiger partial charge is 0.477 e. The Labute approximate surface area is 234 Å². The van der Waals surface area contributed by atoms with E-state index in [9.17, 15) is 19.5 Å². The number of nitrogens with one attached hydrogen (secondary N) is 1. The molecule has 5 rings (SSSR count). The highest BCUT2D eigenvalue weighted by Crippen LogP contribution is 2.41. The van der Waals surface area contributed by atoms with Gasteiger partial charge in [0.05, 0.1) is 0 Å². The van der Waals surface area contributed by atoms with Crippen molar-refractivity contribution in [3.05, 3.63) is 57.8 Å². The molecular weight excluding hydrogens is 569 g/mol. The number of thioether (sulfide) groups is 3. The molecule has 2 aromatic rings. The predicted octanol–water partition coefficient (Wildman–Crippen LogP) is 2.10. The second-order valence-electron chi connectivity index (χ2n) is 8.29. The Morgan fingerprint density at radius 2 is 2.24 bits per heavy atom. The highest BCUT2D eigenvalue weighted by molar-refractivity contribution is 8.02. The van der Waals surface area contributed by atoms with Gasteiger partial charge in [0.2, 0.25) is 0 Å². The Morgan fingerprint density at radius 3 is 2.89 bits per heavy atom. The number of carboxylic acids is 1. The number of nitrogen functional groups attached to an aromatic ring is 1. The van der Waals surface area contributed by atoms with E-state index in [-0.39, 0.29) is 28.3 Å². The summed E-state index contributed by atoms with van der Waals surface area (Å²) in [7, 11) is 0. The van der Waals surface area contributed by atoms with Gasteiger partial charge in [-0.2, -0.15) is 11.8 Å². The molecule has 15 heteroatoms. The number of thiazole rings is 1. The third kappa shape index (κ3) is 5.70. The van der Waals surface area contributed by atoms with Gasteiger partial charge in [-0.3, -0.25) is 19.5 Å². The maximum absolute atomic E-state index is 13.1. The van der Waals surface area contributed by atoms with Gasteiger partial charge in [-0.1, -0.05) is 11.2 Å². The predicted molar refractivity (Wildman–Crippen MR) is 151 cm³/mol. The summed E-state index contributed by atoms with van der Waals surface area (Å²) in [5.74, 6) is 0.0817. The number of carboxylic acid groups (broad SMARTS) is 1. The number of hydrogen-bond donors (Lipinski definition) is 3. The van der Waals surface area contributed by atoms with Crippen molar-refractivity contribution in [1.82, 2.24) is 20.2 Å². The average molecular weight is 591 g/mol. The van der Waals surface area contributed by atoms with Gasteiger partial charge in [0.25, 0.3) is 11.8 Å². The SMILES string of the molecule is Nc1nc(C(=NOC2CSC2)C(=O)NC2C(=O)N3C(C(=O)O)=C(CSC=Cc4cccnc4)CS[C@@H]23)cs1. The number of amides is 2. The summed E-state index contributed by atoms with van der Waals surface area (Å²) >= 11 is 5.71. The summed E-state index contributed by atoms with van der Waals surface area (Å²) in [6, 6.07) is 2.85. The van der Waals surface area contributed by atoms with Crippen LogP contribution in [0.2, 0.25) is 0 Å². The van der Waals surface area contributed by atoms with E-state index < -0.39 is 29.2 Å². The average Bonchev–Trinajstić information content (AvgIpc) is 3.32. The molecule has 0 radical (unpaired) electrons. The van der Waals surface area contributed by atoms with Crippen molar-refractivity contribution < 1.29 is 24.3 Å². The summed E-state index contributed by atoms with van der Waals surface area (Å²) in [5.41, 5.74) is 7.45. The normalized spacial score (nSPS) is 21.6. The van der Waals surface area contributed by atoms with Crippen LogP contribution in [0.15, 0.2) is 51.7 Å². The third-order valence-electron chi connectivity index (χ3n) is 5.72. The summed E-state index contributed by atoms with van der Waals surface area (Å²) in [4.78, 5) is 53.2. The number of nitrogens with zero attached hydrogens (tertiary/aromatic N) is 4. The van der Waals surface area contributed by atoms with Crippen LogP contribution >= 0.6 is 46.6 Å². The lowest BCUT2D eigenvalue weighted by molar-refractivity contribution is -0.150. The lowest BCUT2D eigenvalue weighted by atomic mass is 10.0. The first kappa shape index (κ1) is 26.6. The van der Waals surface area contributed by atoms with Crippen molar-refractivity contribution in [3.63, 3.8) is 0 Å². The van der Waals surface area contributed by atoms with Gasteiger partial charge in [0.1, 0.15) is 28.9 Å². The molecule has 3 aliphatic heterocycles. The molecule has 2 amide bonds. The zero-order valence-corrected chi connectivity index (χ0v) is 22.9. The molecule has 4 N–H and O–H groups in total. The van der Waals surface area contributed by atoms with Crippen LogP contribution in [-0.4, -0.2) is 84.0 Å². The van der Waals surface area contributed by atoms with E-state index >= 15 is 0 Å². The maximum atomic E-state index is 13.1. The molecule has 11 nitrogen and oxygen atoms in total. The lowest BCUT2D eigenvalue weighted by Crippen LogP contribution is -2.71. The summed E-state index contributed by atoms with van der Waals surface area (Å²) in [6.07, 6.45) is 5.22. The quantitative estimate of drug-likeness (QED) is 0.211. The lowest BCUT2D eigenvalue weighted by Gasteiger charge is -2.49.